The molecule has 1 atom stereocenters. The molecule has 0 aliphatic rings. The number of nitrogens with one attached hydrogen (secondary N) is 1. The van der Waals surface area contributed by atoms with Gasteiger partial charge in [-0.25, -0.2) is 0 Å². The van der Waals surface area contributed by atoms with Crippen LogP contribution in [0.2, 0.25) is 0 Å². The Kier molecular flexibility index (Phi) is 7.72. The number of rotatable bonds is 8. The summed E-state index contributed by atoms with van der Waals surface area (Å²) in [6, 6.07) is 0. The Morgan fingerprint density at radius 2 is 2.00 bits per heavy atom. The molecule has 0 spiro atoms. The molecule has 15 heavy (non-hydrogen) atoms. The monoisotopic (exact) mass is 229 g/mol. The molecular weight excluding hydrogens is 211 g/mol. The molecular formula is C9H18F3NO2. The molecule has 0 aromatic carbocycles. The first-order chi connectivity index (χ1) is 6.95. The van der Waals surface area contributed by atoms with Crippen molar-refractivity contribution in [2.45, 2.75) is 26.1 Å². The summed E-state index contributed by atoms with van der Waals surface area (Å²) >= 11 is 0. The largest absolute Gasteiger partial charge is 0.522 e. The molecule has 0 saturated carbocycles. The average molecular weight is 229 g/mol. The van der Waals surface area contributed by atoms with E-state index in [2.05, 4.69) is 10.1 Å². The lowest BCUT2D eigenvalue weighted by Gasteiger charge is -2.09. The third-order valence-corrected chi connectivity index (χ3v) is 1.91. The van der Waals surface area contributed by atoms with Crippen LogP contribution in [0.5, 0.6) is 0 Å². The normalized spacial score (nSPS) is 14.2. The minimum absolute atomic E-state index is 0.150. The van der Waals surface area contributed by atoms with Gasteiger partial charge < -0.3 is 10.4 Å². The van der Waals surface area contributed by atoms with Crippen molar-refractivity contribution in [3.8, 4) is 0 Å². The molecule has 0 rings (SSSR count). The van der Waals surface area contributed by atoms with Crippen molar-refractivity contribution >= 4 is 0 Å². The minimum Gasteiger partial charge on any atom is -0.396 e. The summed E-state index contributed by atoms with van der Waals surface area (Å²) in [5.41, 5.74) is 0. The van der Waals surface area contributed by atoms with Crippen molar-refractivity contribution < 1.29 is 23.0 Å². The second-order valence-corrected chi connectivity index (χ2v) is 3.47. The maximum Gasteiger partial charge on any atom is 0.522 e. The Hall–Kier alpha value is -0.330. The highest BCUT2D eigenvalue weighted by molar-refractivity contribution is 4.53. The van der Waals surface area contributed by atoms with Crippen LogP contribution in [0.3, 0.4) is 0 Å². The van der Waals surface area contributed by atoms with Crippen LogP contribution >= 0.6 is 0 Å². The molecule has 0 aromatic heterocycles. The van der Waals surface area contributed by atoms with Gasteiger partial charge >= 0.3 is 6.36 Å². The third kappa shape index (κ3) is 11.6. The van der Waals surface area contributed by atoms with Gasteiger partial charge in [-0.2, -0.15) is 0 Å². The molecule has 0 bridgehead atoms. The summed E-state index contributed by atoms with van der Waals surface area (Å²) in [6.45, 7) is 2.54. The first-order valence-corrected chi connectivity index (χ1v) is 4.98. The molecule has 0 heterocycles. The van der Waals surface area contributed by atoms with Crippen LogP contribution in [0.1, 0.15) is 19.8 Å². The summed E-state index contributed by atoms with van der Waals surface area (Å²) in [5.74, 6) is 0.248. The van der Waals surface area contributed by atoms with Gasteiger partial charge in [0.25, 0.3) is 0 Å². The smallest absolute Gasteiger partial charge is 0.396 e. The standard InChI is InChI=1S/C9H18F3NO2/c1-8(7-14)3-2-4-13-5-6-15-9(10,11)12/h8,13-14H,2-7H2,1H3. The van der Waals surface area contributed by atoms with Crippen LogP contribution < -0.4 is 5.32 Å². The molecule has 1 unspecified atom stereocenters. The van der Waals surface area contributed by atoms with Gasteiger partial charge in [-0.05, 0) is 25.3 Å². The van der Waals surface area contributed by atoms with Crippen LogP contribution in [0.25, 0.3) is 0 Å². The van der Waals surface area contributed by atoms with Gasteiger partial charge in [0.05, 0.1) is 6.61 Å². The highest BCUT2D eigenvalue weighted by atomic mass is 19.4. The second-order valence-electron chi connectivity index (χ2n) is 3.47. The zero-order valence-corrected chi connectivity index (χ0v) is 8.81. The number of hydrogen-bond acceptors (Lipinski definition) is 3. The Morgan fingerprint density at radius 1 is 1.33 bits per heavy atom. The van der Waals surface area contributed by atoms with Crippen molar-refractivity contribution in [2.24, 2.45) is 5.92 Å². The van der Waals surface area contributed by atoms with Crippen molar-refractivity contribution in [2.75, 3.05) is 26.3 Å². The Bertz CT molecular complexity index is 153. The summed E-state index contributed by atoms with van der Waals surface area (Å²) in [5, 5.41) is 11.5. The second kappa shape index (κ2) is 7.90. The lowest BCUT2D eigenvalue weighted by molar-refractivity contribution is -0.323. The van der Waals surface area contributed by atoms with Crippen LogP contribution in [0.4, 0.5) is 13.2 Å². The molecule has 92 valence electrons. The van der Waals surface area contributed by atoms with E-state index in [1.54, 1.807) is 0 Å². The fourth-order valence-electron chi connectivity index (χ4n) is 1.03. The number of alkyl halides is 3. The quantitative estimate of drug-likeness (QED) is 0.620. The van der Waals surface area contributed by atoms with Gasteiger partial charge in [0, 0.05) is 13.2 Å². The van der Waals surface area contributed by atoms with Gasteiger partial charge in [-0.15, -0.1) is 13.2 Å². The van der Waals surface area contributed by atoms with E-state index in [1.165, 1.54) is 0 Å². The summed E-state index contributed by atoms with van der Waals surface area (Å²) < 4.78 is 38.1. The van der Waals surface area contributed by atoms with Gasteiger partial charge in [0.2, 0.25) is 0 Å². The molecule has 0 aliphatic heterocycles. The molecule has 0 aromatic rings. The fraction of sp³-hybridized carbons (Fsp3) is 1.00. The summed E-state index contributed by atoms with van der Waals surface area (Å²) in [4.78, 5) is 0. The predicted molar refractivity (Wildman–Crippen MR) is 50.4 cm³/mol. The first-order valence-electron chi connectivity index (χ1n) is 4.98. The van der Waals surface area contributed by atoms with E-state index >= 15 is 0 Å². The average Bonchev–Trinajstić information content (AvgIpc) is 2.14. The minimum atomic E-state index is -4.53. The van der Waals surface area contributed by atoms with E-state index in [-0.39, 0.29) is 25.7 Å². The third-order valence-electron chi connectivity index (χ3n) is 1.91. The Balaban J connectivity index is 3.12. The topological polar surface area (TPSA) is 41.5 Å². The molecule has 2 N–H and O–H groups in total. The molecule has 0 fully saturated rings. The molecule has 0 saturated heterocycles. The van der Waals surface area contributed by atoms with E-state index in [0.717, 1.165) is 12.8 Å². The van der Waals surface area contributed by atoms with Crippen LogP contribution in [0, 0.1) is 5.92 Å². The zero-order chi connectivity index (χ0) is 11.7. The van der Waals surface area contributed by atoms with E-state index < -0.39 is 6.36 Å². The Morgan fingerprint density at radius 3 is 2.53 bits per heavy atom. The molecule has 6 heteroatoms. The highest BCUT2D eigenvalue weighted by Crippen LogP contribution is 2.15. The summed E-state index contributed by atoms with van der Waals surface area (Å²) in [7, 11) is 0. The highest BCUT2D eigenvalue weighted by Gasteiger charge is 2.28. The van der Waals surface area contributed by atoms with Crippen molar-refractivity contribution in [1.82, 2.24) is 5.32 Å². The van der Waals surface area contributed by atoms with Gasteiger partial charge in [0.1, 0.15) is 0 Å². The number of ether oxygens (including phenoxy) is 1. The summed E-state index contributed by atoms with van der Waals surface area (Å²) in [6.07, 6.45) is -2.83. The van der Waals surface area contributed by atoms with Crippen LogP contribution in [0.15, 0.2) is 0 Å². The molecule has 0 radical (unpaired) electrons. The maximum atomic E-state index is 11.5. The van der Waals surface area contributed by atoms with Gasteiger partial charge in [0.15, 0.2) is 0 Å². The van der Waals surface area contributed by atoms with E-state index in [1.807, 2.05) is 6.92 Å². The van der Waals surface area contributed by atoms with E-state index in [0.29, 0.717) is 6.54 Å². The fourth-order valence-corrected chi connectivity index (χ4v) is 1.03. The molecule has 0 aliphatic carbocycles. The SMILES string of the molecule is CC(CO)CCCNCCOC(F)(F)F. The lowest BCUT2D eigenvalue weighted by atomic mass is 10.1. The van der Waals surface area contributed by atoms with E-state index in [9.17, 15) is 13.2 Å². The van der Waals surface area contributed by atoms with Gasteiger partial charge in [-0.3, -0.25) is 4.74 Å². The van der Waals surface area contributed by atoms with Gasteiger partial charge in [-0.1, -0.05) is 6.92 Å². The Labute approximate surface area is 87.6 Å². The van der Waals surface area contributed by atoms with Crippen LogP contribution in [-0.2, 0) is 4.74 Å². The molecule has 3 nitrogen and oxygen atoms in total. The maximum absolute atomic E-state index is 11.5. The predicted octanol–water partition coefficient (Wildman–Crippen LogP) is 1.52. The van der Waals surface area contributed by atoms with Crippen LogP contribution in [-0.4, -0.2) is 37.8 Å². The lowest BCUT2D eigenvalue weighted by Crippen LogP contribution is -2.25. The first kappa shape index (κ1) is 14.7. The van der Waals surface area contributed by atoms with Crippen molar-refractivity contribution in [3.63, 3.8) is 0 Å². The van der Waals surface area contributed by atoms with Crippen molar-refractivity contribution in [3.05, 3.63) is 0 Å². The molecule has 0 amide bonds. The van der Waals surface area contributed by atoms with Crippen molar-refractivity contribution in [1.29, 1.82) is 0 Å². The number of hydrogen-bond donors (Lipinski definition) is 2. The zero-order valence-electron chi connectivity index (χ0n) is 8.81. The number of halogens is 3. The number of aliphatic hydroxyl groups excluding tert-OH is 1. The van der Waals surface area contributed by atoms with E-state index in [4.69, 9.17) is 5.11 Å². The number of aliphatic hydroxyl groups is 1.